The van der Waals surface area contributed by atoms with Gasteiger partial charge in [-0.1, -0.05) is 27.7 Å². The summed E-state index contributed by atoms with van der Waals surface area (Å²) in [7, 11) is 0. The van der Waals surface area contributed by atoms with Gasteiger partial charge in [-0.2, -0.15) is 0 Å². The number of hydrogen-bond acceptors (Lipinski definition) is 5. The molecule has 0 rings (SSSR count). The monoisotopic (exact) mass is 306 g/mol. The minimum atomic E-state index is -0.962. The van der Waals surface area contributed by atoms with Crippen molar-refractivity contribution < 1.29 is 25.2 Å². The lowest BCUT2D eigenvalue weighted by Crippen LogP contribution is -2.41. The first-order valence-electron chi connectivity index (χ1n) is 8.05. The average molecular weight is 306 g/mol. The molecule has 0 aliphatic heterocycles. The molecule has 4 unspecified atom stereocenters. The van der Waals surface area contributed by atoms with Crippen molar-refractivity contribution in [3.8, 4) is 0 Å². The van der Waals surface area contributed by atoms with Crippen molar-refractivity contribution in [2.24, 2.45) is 11.8 Å². The summed E-state index contributed by atoms with van der Waals surface area (Å²) in [6, 6.07) is 0. The van der Waals surface area contributed by atoms with Gasteiger partial charge >= 0.3 is 0 Å². The zero-order chi connectivity index (χ0) is 16.4. The summed E-state index contributed by atoms with van der Waals surface area (Å²) in [6.45, 7) is 7.61. The van der Waals surface area contributed by atoms with E-state index in [1.54, 1.807) is 0 Å². The smallest absolute Gasteiger partial charge is 0.103 e. The predicted molar refractivity (Wildman–Crippen MR) is 83.0 cm³/mol. The molecule has 0 radical (unpaired) electrons. The second kappa shape index (κ2) is 11.4. The highest BCUT2D eigenvalue weighted by atomic mass is 16.5. The Morgan fingerprint density at radius 2 is 1.00 bits per heavy atom. The van der Waals surface area contributed by atoms with E-state index in [1.807, 2.05) is 0 Å². The highest BCUT2D eigenvalue weighted by Crippen LogP contribution is 2.20. The standard InChI is InChI=1S/C16H34O5/c1-11(2)5-7-15(13(19)9-17)21-16(14(20)10-18)8-6-12(3)4/h11-20H,5-10H2,1-4H3. The molecule has 0 aromatic rings. The maximum absolute atomic E-state index is 9.89. The van der Waals surface area contributed by atoms with Gasteiger partial charge in [0.15, 0.2) is 0 Å². The number of rotatable bonds is 12. The van der Waals surface area contributed by atoms with E-state index in [4.69, 9.17) is 14.9 Å². The molecule has 0 aromatic carbocycles. The molecule has 4 atom stereocenters. The normalized spacial score (nSPS) is 18.0. The fourth-order valence-corrected chi connectivity index (χ4v) is 2.16. The molecular weight excluding hydrogens is 272 g/mol. The molecule has 0 amide bonds. The molecule has 0 fully saturated rings. The molecule has 0 heterocycles. The Hall–Kier alpha value is -0.200. The van der Waals surface area contributed by atoms with E-state index < -0.39 is 24.4 Å². The molecule has 0 spiro atoms. The molecule has 5 heteroatoms. The van der Waals surface area contributed by atoms with Crippen LogP contribution in [0.2, 0.25) is 0 Å². The highest BCUT2D eigenvalue weighted by molar-refractivity contribution is 4.76. The van der Waals surface area contributed by atoms with Gasteiger partial charge in [0.25, 0.3) is 0 Å². The van der Waals surface area contributed by atoms with Crippen molar-refractivity contribution in [2.45, 2.75) is 77.8 Å². The van der Waals surface area contributed by atoms with Crippen LogP contribution < -0.4 is 0 Å². The molecule has 0 saturated heterocycles. The minimum absolute atomic E-state index is 0.366. The lowest BCUT2D eigenvalue weighted by Gasteiger charge is -2.30. The molecule has 0 bridgehead atoms. The maximum Gasteiger partial charge on any atom is 0.103 e. The van der Waals surface area contributed by atoms with Crippen LogP contribution in [0.25, 0.3) is 0 Å². The fraction of sp³-hybridized carbons (Fsp3) is 1.00. The zero-order valence-corrected chi connectivity index (χ0v) is 13.9. The SMILES string of the molecule is CC(C)CCC(OC(CCC(C)C)C(O)CO)C(O)CO. The van der Waals surface area contributed by atoms with Crippen LogP contribution in [0, 0.1) is 11.8 Å². The van der Waals surface area contributed by atoms with Crippen molar-refractivity contribution in [3.05, 3.63) is 0 Å². The van der Waals surface area contributed by atoms with E-state index in [-0.39, 0.29) is 13.2 Å². The molecule has 0 aliphatic carbocycles. The first-order valence-corrected chi connectivity index (χ1v) is 8.05. The Morgan fingerprint density at radius 3 is 1.24 bits per heavy atom. The van der Waals surface area contributed by atoms with Crippen molar-refractivity contribution in [3.63, 3.8) is 0 Å². The van der Waals surface area contributed by atoms with Crippen molar-refractivity contribution in [2.75, 3.05) is 13.2 Å². The lowest BCUT2D eigenvalue weighted by molar-refractivity contribution is -0.138. The molecule has 21 heavy (non-hydrogen) atoms. The molecular formula is C16H34O5. The second-order valence-corrected chi connectivity index (χ2v) is 6.66. The van der Waals surface area contributed by atoms with Crippen LogP contribution in [0.1, 0.15) is 53.4 Å². The van der Waals surface area contributed by atoms with E-state index in [2.05, 4.69) is 27.7 Å². The topological polar surface area (TPSA) is 90.2 Å². The quantitative estimate of drug-likeness (QED) is 0.436. The Kier molecular flexibility index (Phi) is 11.3. The summed E-state index contributed by atoms with van der Waals surface area (Å²) in [5, 5.41) is 38.1. The third-order valence-electron chi connectivity index (χ3n) is 3.64. The Morgan fingerprint density at radius 1 is 0.667 bits per heavy atom. The summed E-state index contributed by atoms with van der Waals surface area (Å²) < 4.78 is 5.84. The van der Waals surface area contributed by atoms with Crippen LogP contribution in [0.4, 0.5) is 0 Å². The van der Waals surface area contributed by atoms with E-state index in [0.717, 1.165) is 12.8 Å². The fourth-order valence-electron chi connectivity index (χ4n) is 2.16. The van der Waals surface area contributed by atoms with Gasteiger partial charge in [-0.15, -0.1) is 0 Å². The summed E-state index contributed by atoms with van der Waals surface area (Å²) in [5.41, 5.74) is 0. The van der Waals surface area contributed by atoms with Crippen molar-refractivity contribution in [1.82, 2.24) is 0 Å². The number of hydrogen-bond donors (Lipinski definition) is 4. The highest BCUT2D eigenvalue weighted by Gasteiger charge is 2.27. The van der Waals surface area contributed by atoms with E-state index in [1.165, 1.54) is 0 Å². The van der Waals surface area contributed by atoms with Gasteiger partial charge in [0.05, 0.1) is 25.4 Å². The van der Waals surface area contributed by atoms with Crippen LogP contribution in [-0.4, -0.2) is 58.1 Å². The summed E-state index contributed by atoms with van der Waals surface area (Å²) >= 11 is 0. The molecule has 128 valence electrons. The van der Waals surface area contributed by atoms with Crippen molar-refractivity contribution >= 4 is 0 Å². The van der Waals surface area contributed by atoms with Crippen LogP contribution >= 0.6 is 0 Å². The van der Waals surface area contributed by atoms with Gasteiger partial charge in [-0.3, -0.25) is 0 Å². The Balaban J connectivity index is 4.67. The van der Waals surface area contributed by atoms with Crippen molar-refractivity contribution in [1.29, 1.82) is 0 Å². The second-order valence-electron chi connectivity index (χ2n) is 6.66. The van der Waals surface area contributed by atoms with Gasteiger partial charge in [0.1, 0.15) is 12.2 Å². The van der Waals surface area contributed by atoms with Crippen LogP contribution in [0.5, 0.6) is 0 Å². The average Bonchev–Trinajstić information content (AvgIpc) is 2.44. The molecule has 5 nitrogen and oxygen atoms in total. The summed E-state index contributed by atoms with van der Waals surface area (Å²) in [4.78, 5) is 0. The van der Waals surface area contributed by atoms with Gasteiger partial charge in [-0.05, 0) is 37.5 Å². The third-order valence-corrected chi connectivity index (χ3v) is 3.64. The van der Waals surface area contributed by atoms with E-state index in [9.17, 15) is 10.2 Å². The number of aliphatic hydroxyl groups excluding tert-OH is 4. The Bertz CT molecular complexity index is 221. The zero-order valence-electron chi connectivity index (χ0n) is 13.9. The summed E-state index contributed by atoms with van der Waals surface area (Å²) in [6.07, 6.45) is 0.0200. The molecule has 0 aromatic heterocycles. The first-order chi connectivity index (χ1) is 9.81. The van der Waals surface area contributed by atoms with Gasteiger partial charge in [0, 0.05) is 0 Å². The largest absolute Gasteiger partial charge is 0.394 e. The van der Waals surface area contributed by atoms with Crippen LogP contribution in [-0.2, 0) is 4.74 Å². The van der Waals surface area contributed by atoms with Crippen LogP contribution in [0.3, 0.4) is 0 Å². The third kappa shape index (κ3) is 9.42. The first kappa shape index (κ1) is 20.8. The van der Waals surface area contributed by atoms with Crippen LogP contribution in [0.15, 0.2) is 0 Å². The van der Waals surface area contributed by atoms with Gasteiger partial charge < -0.3 is 25.2 Å². The van der Waals surface area contributed by atoms with E-state index in [0.29, 0.717) is 24.7 Å². The van der Waals surface area contributed by atoms with Gasteiger partial charge in [-0.25, -0.2) is 0 Å². The molecule has 0 saturated carbocycles. The van der Waals surface area contributed by atoms with E-state index >= 15 is 0 Å². The maximum atomic E-state index is 9.89. The predicted octanol–water partition coefficient (Wildman–Crippen LogP) is 1.32. The number of ether oxygens (including phenoxy) is 1. The minimum Gasteiger partial charge on any atom is -0.394 e. The lowest BCUT2D eigenvalue weighted by atomic mass is 9.99. The number of aliphatic hydroxyl groups is 4. The molecule has 0 aliphatic rings. The Labute approximate surface area is 129 Å². The summed E-state index contributed by atoms with van der Waals surface area (Å²) in [5.74, 6) is 0.942. The van der Waals surface area contributed by atoms with Gasteiger partial charge in [0.2, 0.25) is 0 Å². The molecule has 4 N–H and O–H groups in total.